The van der Waals surface area contributed by atoms with Gasteiger partial charge in [0.1, 0.15) is 6.73 Å². The lowest BCUT2D eigenvalue weighted by Crippen LogP contribution is -2.18. The Bertz CT molecular complexity index is 331. The number of aliphatic hydroxyl groups is 1. The summed E-state index contributed by atoms with van der Waals surface area (Å²) in [5.74, 6) is 0.507. The maximum absolute atomic E-state index is 8.97. The predicted octanol–water partition coefficient (Wildman–Crippen LogP) is 2.39. The Labute approximate surface area is 92.8 Å². The summed E-state index contributed by atoms with van der Waals surface area (Å²) < 4.78 is 5.11. The molecule has 0 unspecified atom stereocenters. The number of benzene rings is 1. The van der Waals surface area contributed by atoms with Gasteiger partial charge in [-0.2, -0.15) is 0 Å². The van der Waals surface area contributed by atoms with Crippen LogP contribution < -0.4 is 9.64 Å². The third-order valence-electron chi connectivity index (χ3n) is 1.82. The molecule has 0 aliphatic rings. The van der Waals surface area contributed by atoms with Crippen LogP contribution in [-0.2, 0) is 0 Å². The monoisotopic (exact) mass is 235 g/mol. The average Bonchev–Trinajstić information content (AvgIpc) is 2.15. The van der Waals surface area contributed by atoms with Crippen molar-refractivity contribution in [2.45, 2.75) is 0 Å². The summed E-state index contributed by atoms with van der Waals surface area (Å²) in [4.78, 5) is 1.58. The van der Waals surface area contributed by atoms with Crippen molar-refractivity contribution >= 4 is 28.9 Å². The summed E-state index contributed by atoms with van der Waals surface area (Å²) in [5, 5.41) is 9.91. The molecule has 0 amide bonds. The van der Waals surface area contributed by atoms with Crippen LogP contribution >= 0.6 is 23.2 Å². The van der Waals surface area contributed by atoms with Gasteiger partial charge in [0.25, 0.3) is 0 Å². The van der Waals surface area contributed by atoms with Gasteiger partial charge >= 0.3 is 0 Å². The van der Waals surface area contributed by atoms with E-state index in [4.69, 9.17) is 33.0 Å². The van der Waals surface area contributed by atoms with Crippen molar-refractivity contribution in [2.24, 2.45) is 0 Å². The number of ether oxygens (including phenoxy) is 1. The van der Waals surface area contributed by atoms with Crippen molar-refractivity contribution in [3.05, 3.63) is 22.2 Å². The molecule has 0 spiro atoms. The normalized spacial score (nSPS) is 10.1. The van der Waals surface area contributed by atoms with Gasteiger partial charge in [0.05, 0.1) is 17.8 Å². The zero-order chi connectivity index (χ0) is 10.7. The molecule has 14 heavy (non-hydrogen) atoms. The summed E-state index contributed by atoms with van der Waals surface area (Å²) in [7, 11) is 3.23. The van der Waals surface area contributed by atoms with Gasteiger partial charge in [-0.05, 0) is 12.1 Å². The molecule has 5 heteroatoms. The van der Waals surface area contributed by atoms with E-state index in [-0.39, 0.29) is 6.73 Å². The van der Waals surface area contributed by atoms with E-state index in [0.29, 0.717) is 21.5 Å². The number of hydrogen-bond donors (Lipinski definition) is 1. The van der Waals surface area contributed by atoms with E-state index in [1.165, 1.54) is 7.11 Å². The Morgan fingerprint density at radius 3 is 2.57 bits per heavy atom. The molecule has 0 heterocycles. The van der Waals surface area contributed by atoms with E-state index < -0.39 is 0 Å². The van der Waals surface area contributed by atoms with Crippen molar-refractivity contribution in [1.29, 1.82) is 0 Å². The highest BCUT2D eigenvalue weighted by atomic mass is 35.5. The zero-order valence-corrected chi connectivity index (χ0v) is 9.43. The first kappa shape index (κ1) is 11.4. The molecule has 1 aromatic carbocycles. The Morgan fingerprint density at radius 2 is 2.07 bits per heavy atom. The lowest BCUT2D eigenvalue weighted by atomic mass is 10.2. The number of aliphatic hydroxyl groups excluding tert-OH is 1. The van der Waals surface area contributed by atoms with Crippen LogP contribution in [0.5, 0.6) is 5.75 Å². The molecule has 1 aromatic rings. The summed E-state index contributed by atoms with van der Waals surface area (Å²) in [6.07, 6.45) is 0. The third kappa shape index (κ3) is 2.23. The molecule has 0 aliphatic carbocycles. The molecule has 0 aromatic heterocycles. The van der Waals surface area contributed by atoms with E-state index >= 15 is 0 Å². The molecule has 0 fully saturated rings. The molecular weight excluding hydrogens is 225 g/mol. The molecule has 1 N–H and O–H groups in total. The highest BCUT2D eigenvalue weighted by Crippen LogP contribution is 2.37. The number of rotatable bonds is 3. The van der Waals surface area contributed by atoms with Gasteiger partial charge in [0, 0.05) is 12.1 Å². The topological polar surface area (TPSA) is 32.7 Å². The van der Waals surface area contributed by atoms with Gasteiger partial charge in [-0.25, -0.2) is 0 Å². The highest BCUT2D eigenvalue weighted by Gasteiger charge is 2.12. The lowest BCUT2D eigenvalue weighted by molar-refractivity contribution is 0.296. The second-order valence-corrected chi connectivity index (χ2v) is 3.62. The van der Waals surface area contributed by atoms with Crippen LogP contribution in [0.25, 0.3) is 0 Å². The summed E-state index contributed by atoms with van der Waals surface area (Å²) in [5.41, 5.74) is 0.660. The summed E-state index contributed by atoms with van der Waals surface area (Å²) in [6, 6.07) is 3.28. The van der Waals surface area contributed by atoms with Gasteiger partial charge < -0.3 is 14.7 Å². The third-order valence-corrected chi connectivity index (χ3v) is 2.32. The van der Waals surface area contributed by atoms with E-state index in [1.54, 1.807) is 24.1 Å². The first-order valence-electron chi connectivity index (χ1n) is 3.95. The second kappa shape index (κ2) is 4.73. The summed E-state index contributed by atoms with van der Waals surface area (Å²) >= 11 is 11.7. The highest BCUT2D eigenvalue weighted by molar-refractivity contribution is 6.36. The number of anilines is 1. The molecule has 3 nitrogen and oxygen atoms in total. The van der Waals surface area contributed by atoms with Gasteiger partial charge in [-0.3, -0.25) is 0 Å². The molecule has 0 saturated heterocycles. The number of nitrogens with zero attached hydrogens (tertiary/aromatic N) is 1. The molecule has 0 saturated carbocycles. The molecule has 0 radical (unpaired) electrons. The van der Waals surface area contributed by atoms with Crippen LogP contribution in [-0.4, -0.2) is 26.0 Å². The first-order chi connectivity index (χ1) is 6.60. The SMILES string of the molecule is COc1c(Cl)cc(Cl)cc1N(C)CO. The minimum Gasteiger partial charge on any atom is -0.493 e. The fraction of sp³-hybridized carbons (Fsp3) is 0.333. The van der Waals surface area contributed by atoms with Crippen molar-refractivity contribution in [3.8, 4) is 5.75 Å². The van der Waals surface area contributed by atoms with Crippen LogP contribution in [0.1, 0.15) is 0 Å². The van der Waals surface area contributed by atoms with E-state index in [2.05, 4.69) is 0 Å². The molecule has 1 rings (SSSR count). The molecule has 0 atom stereocenters. The molecule has 0 aliphatic heterocycles. The van der Waals surface area contributed by atoms with Crippen LogP contribution in [0, 0.1) is 0 Å². The number of hydrogen-bond acceptors (Lipinski definition) is 3. The van der Waals surface area contributed by atoms with Gasteiger partial charge in [-0.1, -0.05) is 23.2 Å². The van der Waals surface area contributed by atoms with E-state index in [9.17, 15) is 0 Å². The maximum Gasteiger partial charge on any atom is 0.160 e. The zero-order valence-electron chi connectivity index (χ0n) is 7.92. The average molecular weight is 236 g/mol. The Morgan fingerprint density at radius 1 is 1.43 bits per heavy atom. The van der Waals surface area contributed by atoms with Gasteiger partial charge in [0.2, 0.25) is 0 Å². The van der Waals surface area contributed by atoms with Crippen molar-refractivity contribution in [3.63, 3.8) is 0 Å². The minimum absolute atomic E-state index is 0.132. The Balaban J connectivity index is 3.24. The smallest absolute Gasteiger partial charge is 0.160 e. The van der Waals surface area contributed by atoms with Crippen molar-refractivity contribution < 1.29 is 9.84 Å². The van der Waals surface area contributed by atoms with Crippen molar-refractivity contribution in [1.82, 2.24) is 0 Å². The summed E-state index contributed by atoms with van der Waals surface area (Å²) in [6.45, 7) is -0.132. The van der Waals surface area contributed by atoms with Crippen LogP contribution in [0.3, 0.4) is 0 Å². The lowest BCUT2D eigenvalue weighted by Gasteiger charge is -2.20. The fourth-order valence-electron chi connectivity index (χ4n) is 1.11. The van der Waals surface area contributed by atoms with Crippen LogP contribution in [0.2, 0.25) is 10.0 Å². The maximum atomic E-state index is 8.97. The van der Waals surface area contributed by atoms with Crippen LogP contribution in [0.15, 0.2) is 12.1 Å². The fourth-order valence-corrected chi connectivity index (χ4v) is 1.67. The largest absolute Gasteiger partial charge is 0.493 e. The molecule has 78 valence electrons. The Kier molecular flexibility index (Phi) is 3.86. The molecular formula is C9H11Cl2NO2. The van der Waals surface area contributed by atoms with Gasteiger partial charge in [-0.15, -0.1) is 0 Å². The Hall–Kier alpha value is -0.640. The standard InChI is InChI=1S/C9H11Cl2NO2/c1-12(5-13)8-4-6(10)3-7(11)9(8)14-2/h3-4,13H,5H2,1-2H3. The quantitative estimate of drug-likeness (QED) is 0.818. The van der Waals surface area contributed by atoms with E-state index in [1.807, 2.05) is 0 Å². The van der Waals surface area contributed by atoms with Gasteiger partial charge in [0.15, 0.2) is 5.75 Å². The van der Waals surface area contributed by atoms with E-state index in [0.717, 1.165) is 0 Å². The second-order valence-electron chi connectivity index (χ2n) is 2.78. The molecule has 0 bridgehead atoms. The number of halogens is 2. The van der Waals surface area contributed by atoms with Crippen molar-refractivity contribution in [2.75, 3.05) is 25.8 Å². The number of methoxy groups -OCH3 is 1. The minimum atomic E-state index is -0.132. The first-order valence-corrected chi connectivity index (χ1v) is 4.70. The van der Waals surface area contributed by atoms with Crippen LogP contribution in [0.4, 0.5) is 5.69 Å². The predicted molar refractivity (Wildman–Crippen MR) is 58.5 cm³/mol.